The maximum absolute atomic E-state index is 3.65. The topological polar surface area (TPSA) is 18.5 Å². The highest BCUT2D eigenvalue weighted by Crippen LogP contribution is 2.16. The molecule has 1 atom stereocenters. The van der Waals surface area contributed by atoms with E-state index in [-0.39, 0.29) is 5.54 Å². The summed E-state index contributed by atoms with van der Waals surface area (Å²) in [6, 6.07) is 0.739. The molecule has 0 spiro atoms. The Bertz CT molecular complexity index is 208. The number of nitrogens with zero attached hydrogens (tertiary/aromatic N) is 2. The monoisotopic (exact) mass is 241 g/mol. The van der Waals surface area contributed by atoms with Crippen LogP contribution in [-0.4, -0.2) is 61.7 Å². The van der Waals surface area contributed by atoms with E-state index in [1.807, 2.05) is 0 Å². The van der Waals surface area contributed by atoms with Gasteiger partial charge in [0, 0.05) is 31.2 Å². The summed E-state index contributed by atoms with van der Waals surface area (Å²) in [4.78, 5) is 4.95. The van der Waals surface area contributed by atoms with Gasteiger partial charge in [0.05, 0.1) is 0 Å². The van der Waals surface area contributed by atoms with Crippen LogP contribution >= 0.6 is 0 Å². The first-order valence-corrected chi connectivity index (χ1v) is 7.02. The van der Waals surface area contributed by atoms with Gasteiger partial charge in [-0.3, -0.25) is 4.90 Å². The van der Waals surface area contributed by atoms with Gasteiger partial charge in [0.25, 0.3) is 0 Å². The predicted molar refractivity (Wildman–Crippen MR) is 75.5 cm³/mol. The molecule has 0 aliphatic carbocycles. The van der Waals surface area contributed by atoms with E-state index in [1.54, 1.807) is 0 Å². The average molecular weight is 241 g/mol. The van der Waals surface area contributed by atoms with Gasteiger partial charge in [-0.25, -0.2) is 0 Å². The van der Waals surface area contributed by atoms with Crippen molar-refractivity contribution in [2.75, 3.05) is 40.3 Å². The average Bonchev–Trinajstić information content (AvgIpc) is 2.23. The Kier molecular flexibility index (Phi) is 5.90. The third-order valence-electron chi connectivity index (χ3n) is 3.45. The third-order valence-corrected chi connectivity index (χ3v) is 3.45. The van der Waals surface area contributed by atoms with Crippen molar-refractivity contribution >= 4 is 0 Å². The molecule has 3 heteroatoms. The molecule has 17 heavy (non-hydrogen) atoms. The molecule has 0 saturated carbocycles. The number of piperidine rings is 1. The molecule has 102 valence electrons. The summed E-state index contributed by atoms with van der Waals surface area (Å²) in [5.41, 5.74) is 0.241. The lowest BCUT2D eigenvalue weighted by Crippen LogP contribution is -2.50. The molecule has 0 aromatic rings. The van der Waals surface area contributed by atoms with Crippen LogP contribution in [0.3, 0.4) is 0 Å². The summed E-state index contributed by atoms with van der Waals surface area (Å²) >= 11 is 0. The maximum Gasteiger partial charge on any atom is 0.0221 e. The molecule has 1 N–H and O–H groups in total. The normalized spacial score (nSPS) is 23.3. The van der Waals surface area contributed by atoms with E-state index in [9.17, 15) is 0 Å². The number of hydrogen-bond donors (Lipinski definition) is 1. The van der Waals surface area contributed by atoms with Gasteiger partial charge in [-0.2, -0.15) is 0 Å². The molecule has 1 saturated heterocycles. The Morgan fingerprint density at radius 3 is 2.53 bits per heavy atom. The molecule has 1 aliphatic heterocycles. The van der Waals surface area contributed by atoms with Crippen molar-refractivity contribution in [3.8, 4) is 0 Å². The summed E-state index contributed by atoms with van der Waals surface area (Å²) in [5.74, 6) is 0. The van der Waals surface area contributed by atoms with Crippen molar-refractivity contribution in [3.05, 3.63) is 0 Å². The molecule has 1 fully saturated rings. The number of likely N-dealkylation sites (N-methyl/N-ethyl adjacent to an activating group) is 1. The molecule has 0 aromatic carbocycles. The van der Waals surface area contributed by atoms with E-state index in [0.29, 0.717) is 0 Å². The van der Waals surface area contributed by atoms with Gasteiger partial charge in [-0.1, -0.05) is 6.42 Å². The van der Waals surface area contributed by atoms with E-state index in [4.69, 9.17) is 0 Å². The second-order valence-corrected chi connectivity index (χ2v) is 6.62. The molecule has 0 amide bonds. The van der Waals surface area contributed by atoms with Gasteiger partial charge in [-0.15, -0.1) is 0 Å². The van der Waals surface area contributed by atoms with Crippen LogP contribution in [0.4, 0.5) is 0 Å². The second-order valence-electron chi connectivity index (χ2n) is 6.62. The van der Waals surface area contributed by atoms with Crippen molar-refractivity contribution in [3.63, 3.8) is 0 Å². The fourth-order valence-electron chi connectivity index (χ4n) is 2.34. The van der Waals surface area contributed by atoms with E-state index < -0.39 is 0 Å². The molecule has 1 unspecified atom stereocenters. The second kappa shape index (κ2) is 6.72. The largest absolute Gasteiger partial charge is 0.311 e. The quantitative estimate of drug-likeness (QED) is 0.792. The fourth-order valence-corrected chi connectivity index (χ4v) is 2.34. The summed E-state index contributed by atoms with van der Waals surface area (Å²) in [6.07, 6.45) is 4.13. The minimum atomic E-state index is 0.241. The Morgan fingerprint density at radius 1 is 1.24 bits per heavy atom. The summed E-state index contributed by atoms with van der Waals surface area (Å²) in [6.45, 7) is 11.6. The van der Waals surface area contributed by atoms with Gasteiger partial charge < -0.3 is 10.2 Å². The number of likely N-dealkylation sites (tertiary alicyclic amines) is 1. The summed E-state index contributed by atoms with van der Waals surface area (Å²) in [5, 5.41) is 3.65. The highest BCUT2D eigenvalue weighted by molar-refractivity contribution is 4.82. The molecule has 3 nitrogen and oxygen atoms in total. The first-order valence-electron chi connectivity index (χ1n) is 7.02. The SMILES string of the molecule is CN(C)CCN1CCCCC1CNC(C)(C)C. The smallest absolute Gasteiger partial charge is 0.0221 e. The first kappa shape index (κ1) is 14.9. The standard InChI is InChI=1S/C14H31N3/c1-14(2,3)15-12-13-8-6-7-9-17(13)11-10-16(4)5/h13,15H,6-12H2,1-5H3. The summed E-state index contributed by atoms with van der Waals surface area (Å²) in [7, 11) is 4.32. The zero-order chi connectivity index (χ0) is 12.9. The lowest BCUT2D eigenvalue weighted by Gasteiger charge is -2.38. The number of nitrogens with one attached hydrogen (secondary N) is 1. The van der Waals surface area contributed by atoms with Gasteiger partial charge in [-0.05, 0) is 54.3 Å². The molecule has 0 bridgehead atoms. The van der Waals surface area contributed by atoms with Crippen LogP contribution in [0.25, 0.3) is 0 Å². The van der Waals surface area contributed by atoms with Crippen LogP contribution in [0.2, 0.25) is 0 Å². The molecule has 1 heterocycles. The minimum Gasteiger partial charge on any atom is -0.311 e. The van der Waals surface area contributed by atoms with Crippen molar-refractivity contribution in [2.24, 2.45) is 0 Å². The van der Waals surface area contributed by atoms with Crippen LogP contribution in [0, 0.1) is 0 Å². The van der Waals surface area contributed by atoms with E-state index >= 15 is 0 Å². The molecule has 1 rings (SSSR count). The van der Waals surface area contributed by atoms with E-state index in [0.717, 1.165) is 12.6 Å². The molecule has 0 aromatic heterocycles. The number of hydrogen-bond acceptors (Lipinski definition) is 3. The van der Waals surface area contributed by atoms with Crippen LogP contribution < -0.4 is 5.32 Å². The Morgan fingerprint density at radius 2 is 1.94 bits per heavy atom. The third kappa shape index (κ3) is 6.39. The van der Waals surface area contributed by atoms with Crippen LogP contribution in [-0.2, 0) is 0 Å². The van der Waals surface area contributed by atoms with Crippen molar-refractivity contribution in [1.82, 2.24) is 15.1 Å². The first-order chi connectivity index (χ1) is 7.88. The summed E-state index contributed by atoms with van der Waals surface area (Å²) < 4.78 is 0. The van der Waals surface area contributed by atoms with Crippen molar-refractivity contribution < 1.29 is 0 Å². The fraction of sp³-hybridized carbons (Fsp3) is 1.00. The van der Waals surface area contributed by atoms with Gasteiger partial charge in [0.1, 0.15) is 0 Å². The van der Waals surface area contributed by atoms with E-state index in [2.05, 4.69) is 50.0 Å². The lowest BCUT2D eigenvalue weighted by molar-refractivity contribution is 0.128. The Hall–Kier alpha value is -0.120. The number of rotatable bonds is 5. The highest BCUT2D eigenvalue weighted by Gasteiger charge is 2.23. The van der Waals surface area contributed by atoms with Crippen molar-refractivity contribution in [2.45, 2.75) is 51.6 Å². The molecule has 1 aliphatic rings. The lowest BCUT2D eigenvalue weighted by atomic mass is 10.0. The van der Waals surface area contributed by atoms with Gasteiger partial charge >= 0.3 is 0 Å². The zero-order valence-corrected chi connectivity index (χ0v) is 12.4. The minimum absolute atomic E-state index is 0.241. The van der Waals surface area contributed by atoms with Crippen LogP contribution in [0.15, 0.2) is 0 Å². The van der Waals surface area contributed by atoms with Crippen LogP contribution in [0.5, 0.6) is 0 Å². The highest BCUT2D eigenvalue weighted by atomic mass is 15.2. The van der Waals surface area contributed by atoms with E-state index in [1.165, 1.54) is 38.9 Å². The molecular formula is C14H31N3. The Balaban J connectivity index is 2.37. The van der Waals surface area contributed by atoms with Crippen LogP contribution in [0.1, 0.15) is 40.0 Å². The molecular weight excluding hydrogens is 210 g/mol. The molecule has 0 radical (unpaired) electrons. The van der Waals surface area contributed by atoms with Gasteiger partial charge in [0.2, 0.25) is 0 Å². The maximum atomic E-state index is 3.65. The predicted octanol–water partition coefficient (Wildman–Crippen LogP) is 1.79. The van der Waals surface area contributed by atoms with Gasteiger partial charge in [0.15, 0.2) is 0 Å². The van der Waals surface area contributed by atoms with Crippen molar-refractivity contribution in [1.29, 1.82) is 0 Å². The Labute approximate surface area is 108 Å². The zero-order valence-electron chi connectivity index (χ0n) is 12.4.